The van der Waals surface area contributed by atoms with Crippen LogP contribution in [-0.4, -0.2) is 9.46 Å². The molecule has 0 radical (unpaired) electrons. The van der Waals surface area contributed by atoms with Crippen LogP contribution in [0.5, 0.6) is 0 Å². The van der Waals surface area contributed by atoms with E-state index in [0.717, 1.165) is 4.47 Å². The molecule has 0 amide bonds. The molecule has 1 aromatic rings. The second-order valence-corrected chi connectivity index (χ2v) is 5.84. The van der Waals surface area contributed by atoms with Gasteiger partial charge < -0.3 is 10.5 Å². The van der Waals surface area contributed by atoms with Gasteiger partial charge in [0.15, 0.2) is 0 Å². The number of rotatable bonds is 3. The number of anilines is 2. The lowest BCUT2D eigenvalue weighted by atomic mass is 10.3. The minimum absolute atomic E-state index is 0.0676. The predicted molar refractivity (Wildman–Crippen MR) is 65.5 cm³/mol. The van der Waals surface area contributed by atoms with Gasteiger partial charge in [-0.3, -0.25) is 0 Å². The van der Waals surface area contributed by atoms with E-state index in [1.165, 1.54) is 0 Å². The zero-order chi connectivity index (χ0) is 10.7. The van der Waals surface area contributed by atoms with Crippen LogP contribution in [0, 0.1) is 0 Å². The standard InChI is InChI=1S/C9H13BrN2OS/c1-6(2)14(13)12-9-4-3-7(10)5-8(9)11/h3-6,12H,11H2,1-2H3. The summed E-state index contributed by atoms with van der Waals surface area (Å²) >= 11 is 3.31. The molecule has 5 heteroatoms. The SMILES string of the molecule is CC(C)S(=O)Nc1ccc(Br)cc1N. The number of benzene rings is 1. The van der Waals surface area contributed by atoms with E-state index in [1.807, 2.05) is 19.9 Å². The lowest BCUT2D eigenvalue weighted by Gasteiger charge is -2.10. The first-order chi connectivity index (χ1) is 6.50. The molecule has 0 fully saturated rings. The van der Waals surface area contributed by atoms with Crippen molar-refractivity contribution in [1.29, 1.82) is 0 Å². The Morgan fingerprint density at radius 2 is 2.14 bits per heavy atom. The summed E-state index contributed by atoms with van der Waals surface area (Å²) in [6.07, 6.45) is 0. The fourth-order valence-corrected chi connectivity index (χ4v) is 1.87. The maximum absolute atomic E-state index is 11.5. The summed E-state index contributed by atoms with van der Waals surface area (Å²) in [5.74, 6) is 0. The van der Waals surface area contributed by atoms with Gasteiger partial charge in [0.2, 0.25) is 0 Å². The van der Waals surface area contributed by atoms with Gasteiger partial charge in [0.05, 0.1) is 11.4 Å². The Hall–Kier alpha value is -0.550. The van der Waals surface area contributed by atoms with E-state index in [-0.39, 0.29) is 5.25 Å². The van der Waals surface area contributed by atoms with Crippen molar-refractivity contribution in [2.45, 2.75) is 19.1 Å². The van der Waals surface area contributed by atoms with Crippen LogP contribution in [-0.2, 0) is 11.0 Å². The highest BCUT2D eigenvalue weighted by Gasteiger charge is 2.07. The van der Waals surface area contributed by atoms with Crippen molar-refractivity contribution in [2.24, 2.45) is 0 Å². The van der Waals surface area contributed by atoms with Gasteiger partial charge in [-0.2, -0.15) is 0 Å². The Morgan fingerprint density at radius 3 is 2.64 bits per heavy atom. The highest BCUT2D eigenvalue weighted by atomic mass is 79.9. The van der Waals surface area contributed by atoms with Crippen LogP contribution in [0.15, 0.2) is 22.7 Å². The van der Waals surface area contributed by atoms with E-state index < -0.39 is 11.0 Å². The van der Waals surface area contributed by atoms with Crippen LogP contribution < -0.4 is 10.5 Å². The average molecular weight is 277 g/mol. The summed E-state index contributed by atoms with van der Waals surface area (Å²) in [4.78, 5) is 0. The van der Waals surface area contributed by atoms with Gasteiger partial charge in [-0.15, -0.1) is 0 Å². The third-order valence-electron chi connectivity index (χ3n) is 1.65. The normalized spacial score (nSPS) is 12.9. The van der Waals surface area contributed by atoms with Crippen LogP contribution in [0.25, 0.3) is 0 Å². The first kappa shape index (κ1) is 11.5. The molecule has 1 atom stereocenters. The highest BCUT2D eigenvalue weighted by Crippen LogP contribution is 2.23. The largest absolute Gasteiger partial charge is 0.397 e. The Labute approximate surface area is 94.8 Å². The molecule has 1 unspecified atom stereocenters. The molecular weight excluding hydrogens is 264 g/mol. The van der Waals surface area contributed by atoms with Crippen LogP contribution >= 0.6 is 15.9 Å². The zero-order valence-electron chi connectivity index (χ0n) is 8.08. The maximum Gasteiger partial charge on any atom is 0.119 e. The van der Waals surface area contributed by atoms with Crippen LogP contribution in [0.4, 0.5) is 11.4 Å². The molecule has 14 heavy (non-hydrogen) atoms. The van der Waals surface area contributed by atoms with Gasteiger partial charge in [-0.25, -0.2) is 4.21 Å². The number of nitrogen functional groups attached to an aromatic ring is 1. The van der Waals surface area contributed by atoms with Crippen LogP contribution in [0.3, 0.4) is 0 Å². The molecule has 1 aromatic carbocycles. The summed E-state index contributed by atoms with van der Waals surface area (Å²) in [6, 6.07) is 5.44. The molecule has 78 valence electrons. The Morgan fingerprint density at radius 1 is 1.50 bits per heavy atom. The third kappa shape index (κ3) is 2.99. The Kier molecular flexibility index (Phi) is 3.95. The van der Waals surface area contributed by atoms with Gasteiger partial charge in [0.1, 0.15) is 11.0 Å². The van der Waals surface area contributed by atoms with Crippen molar-refractivity contribution in [2.75, 3.05) is 10.5 Å². The third-order valence-corrected chi connectivity index (χ3v) is 3.42. The van der Waals surface area contributed by atoms with Gasteiger partial charge in [0.25, 0.3) is 0 Å². The Bertz CT molecular complexity index is 355. The second-order valence-electron chi connectivity index (χ2n) is 3.18. The monoisotopic (exact) mass is 276 g/mol. The van der Waals surface area contributed by atoms with Crippen LogP contribution in [0.2, 0.25) is 0 Å². The molecule has 0 aliphatic carbocycles. The lowest BCUT2D eigenvalue weighted by Crippen LogP contribution is -2.15. The molecule has 0 aliphatic rings. The number of halogens is 1. The molecule has 0 saturated heterocycles. The number of nitrogens with two attached hydrogens (primary N) is 1. The summed E-state index contributed by atoms with van der Waals surface area (Å²) < 4.78 is 15.3. The molecule has 0 aromatic heterocycles. The van der Waals surface area contributed by atoms with Gasteiger partial charge in [-0.1, -0.05) is 15.9 Å². The van der Waals surface area contributed by atoms with E-state index >= 15 is 0 Å². The van der Waals surface area contributed by atoms with E-state index in [2.05, 4.69) is 20.7 Å². The Balaban J connectivity index is 2.82. The molecule has 0 spiro atoms. The van der Waals surface area contributed by atoms with Gasteiger partial charge in [-0.05, 0) is 32.0 Å². The summed E-state index contributed by atoms with van der Waals surface area (Å²) in [7, 11) is -1.08. The van der Waals surface area contributed by atoms with Gasteiger partial charge >= 0.3 is 0 Å². The topological polar surface area (TPSA) is 55.1 Å². The van der Waals surface area contributed by atoms with Crippen molar-refractivity contribution < 1.29 is 4.21 Å². The lowest BCUT2D eigenvalue weighted by molar-refractivity contribution is 0.680. The molecule has 0 heterocycles. The highest BCUT2D eigenvalue weighted by molar-refractivity contribution is 9.10. The number of hydrogen-bond donors (Lipinski definition) is 2. The van der Waals surface area contributed by atoms with Crippen molar-refractivity contribution in [3.8, 4) is 0 Å². The zero-order valence-corrected chi connectivity index (χ0v) is 10.5. The van der Waals surface area contributed by atoms with Crippen molar-refractivity contribution in [3.63, 3.8) is 0 Å². The fraction of sp³-hybridized carbons (Fsp3) is 0.333. The van der Waals surface area contributed by atoms with E-state index in [9.17, 15) is 4.21 Å². The average Bonchev–Trinajstić information content (AvgIpc) is 2.09. The molecular formula is C9H13BrN2OS. The molecule has 0 saturated carbocycles. The quantitative estimate of drug-likeness (QED) is 0.834. The first-order valence-corrected chi connectivity index (χ1v) is 6.23. The summed E-state index contributed by atoms with van der Waals surface area (Å²) in [6.45, 7) is 3.77. The van der Waals surface area contributed by atoms with E-state index in [4.69, 9.17) is 5.73 Å². The smallest absolute Gasteiger partial charge is 0.119 e. The van der Waals surface area contributed by atoms with E-state index in [1.54, 1.807) is 12.1 Å². The van der Waals surface area contributed by atoms with E-state index in [0.29, 0.717) is 11.4 Å². The molecule has 3 nitrogen and oxygen atoms in total. The van der Waals surface area contributed by atoms with Crippen molar-refractivity contribution >= 4 is 38.3 Å². The van der Waals surface area contributed by atoms with Gasteiger partial charge in [0, 0.05) is 9.72 Å². The molecule has 0 bridgehead atoms. The molecule has 0 aliphatic heterocycles. The van der Waals surface area contributed by atoms with Crippen molar-refractivity contribution in [3.05, 3.63) is 22.7 Å². The maximum atomic E-state index is 11.5. The number of hydrogen-bond acceptors (Lipinski definition) is 2. The first-order valence-electron chi connectivity index (χ1n) is 4.23. The molecule has 3 N–H and O–H groups in total. The number of nitrogens with one attached hydrogen (secondary N) is 1. The van der Waals surface area contributed by atoms with Crippen LogP contribution in [0.1, 0.15) is 13.8 Å². The minimum atomic E-state index is -1.08. The summed E-state index contributed by atoms with van der Waals surface area (Å²) in [5.41, 5.74) is 7.04. The summed E-state index contributed by atoms with van der Waals surface area (Å²) in [5, 5.41) is 0.0676. The second kappa shape index (κ2) is 4.79. The minimum Gasteiger partial charge on any atom is -0.397 e. The fourth-order valence-electron chi connectivity index (χ4n) is 0.853. The van der Waals surface area contributed by atoms with Crippen molar-refractivity contribution in [1.82, 2.24) is 0 Å². The molecule has 1 rings (SSSR count). The predicted octanol–water partition coefficient (Wildman–Crippen LogP) is 2.52.